The highest BCUT2D eigenvalue weighted by molar-refractivity contribution is 6.32. The minimum absolute atomic E-state index is 0.109. The van der Waals surface area contributed by atoms with Gasteiger partial charge in [-0.2, -0.15) is 0 Å². The average molecular weight is 287 g/mol. The number of hydrogen-bond donors (Lipinski definition) is 1. The smallest absolute Gasteiger partial charge is 0.339 e. The monoisotopic (exact) mass is 286 g/mol. The molecule has 0 fully saturated rings. The minimum atomic E-state index is -1.42. The molecule has 0 saturated heterocycles. The van der Waals surface area contributed by atoms with E-state index < -0.39 is 12.1 Å². The van der Waals surface area contributed by atoms with Crippen LogP contribution in [0.1, 0.15) is 31.1 Å². The summed E-state index contributed by atoms with van der Waals surface area (Å²) in [4.78, 5) is 11.7. The molecule has 2 rings (SSSR count). The quantitative estimate of drug-likeness (QED) is 0.860. The van der Waals surface area contributed by atoms with E-state index in [2.05, 4.69) is 0 Å². The maximum atomic E-state index is 11.7. The summed E-state index contributed by atoms with van der Waals surface area (Å²) in [6, 6.07) is 1.54. The number of aliphatic hydroxyl groups is 1. The predicted octanol–water partition coefficient (Wildman–Crippen LogP) is 2.23. The van der Waals surface area contributed by atoms with E-state index in [-0.39, 0.29) is 18.4 Å². The van der Waals surface area contributed by atoms with Gasteiger partial charge in [-0.05, 0) is 13.3 Å². The van der Waals surface area contributed by atoms with E-state index in [0.717, 1.165) is 0 Å². The van der Waals surface area contributed by atoms with E-state index >= 15 is 0 Å². The molecule has 1 heterocycles. The highest BCUT2D eigenvalue weighted by Crippen LogP contribution is 2.43. The summed E-state index contributed by atoms with van der Waals surface area (Å²) in [6.45, 7) is 3.86. The van der Waals surface area contributed by atoms with Gasteiger partial charge in [0.2, 0.25) is 6.79 Å². The van der Waals surface area contributed by atoms with Crippen molar-refractivity contribution in [3.63, 3.8) is 0 Å². The molecule has 1 aromatic carbocycles. The van der Waals surface area contributed by atoms with Gasteiger partial charge in [-0.1, -0.05) is 18.5 Å². The fourth-order valence-corrected chi connectivity index (χ4v) is 2.39. The van der Waals surface area contributed by atoms with Crippen molar-refractivity contribution in [2.45, 2.75) is 26.4 Å². The molecule has 0 aromatic heterocycles. The van der Waals surface area contributed by atoms with Crippen molar-refractivity contribution in [1.29, 1.82) is 0 Å². The fraction of sp³-hybridized carbons (Fsp3) is 0.462. The van der Waals surface area contributed by atoms with Crippen molar-refractivity contribution in [2.24, 2.45) is 0 Å². The van der Waals surface area contributed by atoms with Crippen LogP contribution in [0, 0.1) is 0 Å². The van der Waals surface area contributed by atoms with Crippen LogP contribution in [0.3, 0.4) is 0 Å². The molecule has 6 heteroatoms. The van der Waals surface area contributed by atoms with Gasteiger partial charge in [0, 0.05) is 17.2 Å². The molecule has 0 spiro atoms. The Kier molecular flexibility index (Phi) is 4.17. The third-order valence-corrected chi connectivity index (χ3v) is 3.21. The van der Waals surface area contributed by atoms with Gasteiger partial charge >= 0.3 is 5.97 Å². The Morgan fingerprint density at radius 2 is 2.26 bits per heavy atom. The van der Waals surface area contributed by atoms with Crippen LogP contribution < -0.4 is 9.47 Å². The van der Waals surface area contributed by atoms with E-state index in [1.807, 2.05) is 6.92 Å². The maximum absolute atomic E-state index is 11.7. The van der Waals surface area contributed by atoms with E-state index in [4.69, 9.17) is 25.8 Å². The van der Waals surface area contributed by atoms with Crippen molar-refractivity contribution in [3.05, 3.63) is 22.2 Å². The SMILES string of the molecule is CCOC(=O)C(O)c1c(Cl)cc2c(c1CC)OCO2. The largest absolute Gasteiger partial charge is 0.464 e. The highest BCUT2D eigenvalue weighted by atomic mass is 35.5. The Bertz CT molecular complexity index is 500. The molecule has 0 aliphatic carbocycles. The number of halogens is 1. The Morgan fingerprint density at radius 1 is 1.53 bits per heavy atom. The van der Waals surface area contributed by atoms with Crippen LogP contribution in [0.5, 0.6) is 11.5 Å². The molecule has 1 aliphatic rings. The molecule has 0 bridgehead atoms. The van der Waals surface area contributed by atoms with Crippen molar-refractivity contribution >= 4 is 17.6 Å². The maximum Gasteiger partial charge on any atom is 0.339 e. The van der Waals surface area contributed by atoms with Crippen LogP contribution in [0.4, 0.5) is 0 Å². The molecule has 1 N–H and O–H groups in total. The Morgan fingerprint density at radius 3 is 2.89 bits per heavy atom. The third kappa shape index (κ3) is 2.48. The third-order valence-electron chi connectivity index (χ3n) is 2.89. The summed E-state index contributed by atoms with van der Waals surface area (Å²) in [5.74, 6) is 0.338. The van der Waals surface area contributed by atoms with Gasteiger partial charge in [-0.25, -0.2) is 4.79 Å². The molecule has 104 valence electrons. The summed E-state index contributed by atoms with van der Waals surface area (Å²) < 4.78 is 15.4. The minimum Gasteiger partial charge on any atom is -0.464 e. The Labute approximate surface area is 116 Å². The van der Waals surface area contributed by atoms with E-state index in [1.165, 1.54) is 0 Å². The molecule has 0 saturated carbocycles. The van der Waals surface area contributed by atoms with Gasteiger partial charge in [0.15, 0.2) is 17.6 Å². The van der Waals surface area contributed by atoms with Gasteiger partial charge < -0.3 is 19.3 Å². The van der Waals surface area contributed by atoms with E-state index in [0.29, 0.717) is 29.0 Å². The number of aliphatic hydroxyl groups excluding tert-OH is 1. The number of ether oxygens (including phenoxy) is 3. The molecule has 5 nitrogen and oxygen atoms in total. The van der Waals surface area contributed by atoms with Crippen LogP contribution in [-0.4, -0.2) is 24.5 Å². The van der Waals surface area contributed by atoms with Crippen molar-refractivity contribution in [1.82, 2.24) is 0 Å². The number of carbonyl (C=O) groups is 1. The zero-order chi connectivity index (χ0) is 14.0. The number of esters is 1. The first kappa shape index (κ1) is 14.0. The molecule has 1 unspecified atom stereocenters. The number of fused-ring (bicyclic) bond motifs is 1. The van der Waals surface area contributed by atoms with Gasteiger partial charge in [-0.3, -0.25) is 0 Å². The first-order valence-corrected chi connectivity index (χ1v) is 6.43. The number of benzene rings is 1. The van der Waals surface area contributed by atoms with Crippen LogP contribution >= 0.6 is 11.6 Å². The summed E-state index contributed by atoms with van der Waals surface area (Å²) in [5, 5.41) is 10.4. The summed E-state index contributed by atoms with van der Waals surface area (Å²) >= 11 is 6.13. The zero-order valence-electron chi connectivity index (χ0n) is 10.7. The van der Waals surface area contributed by atoms with Gasteiger partial charge in [0.25, 0.3) is 0 Å². The van der Waals surface area contributed by atoms with Crippen LogP contribution in [0.25, 0.3) is 0 Å². The molecule has 1 aliphatic heterocycles. The highest BCUT2D eigenvalue weighted by Gasteiger charge is 2.30. The van der Waals surface area contributed by atoms with Crippen LogP contribution in [0.2, 0.25) is 5.02 Å². The second-order valence-corrected chi connectivity index (χ2v) is 4.40. The first-order chi connectivity index (χ1) is 9.10. The molecular weight excluding hydrogens is 272 g/mol. The molecule has 19 heavy (non-hydrogen) atoms. The van der Waals surface area contributed by atoms with Gasteiger partial charge in [-0.15, -0.1) is 0 Å². The topological polar surface area (TPSA) is 65.0 Å². The first-order valence-electron chi connectivity index (χ1n) is 6.05. The lowest BCUT2D eigenvalue weighted by atomic mass is 9.98. The lowest BCUT2D eigenvalue weighted by Gasteiger charge is -2.17. The lowest BCUT2D eigenvalue weighted by molar-refractivity contribution is -0.153. The summed E-state index contributed by atoms with van der Waals surface area (Å²) in [5.41, 5.74) is 0.993. The van der Waals surface area contributed by atoms with Gasteiger partial charge in [0.1, 0.15) is 0 Å². The number of carbonyl (C=O) groups excluding carboxylic acids is 1. The lowest BCUT2D eigenvalue weighted by Crippen LogP contribution is -2.17. The zero-order valence-corrected chi connectivity index (χ0v) is 11.5. The second kappa shape index (κ2) is 5.67. The normalized spacial score (nSPS) is 14.3. The average Bonchev–Trinajstić information content (AvgIpc) is 2.84. The van der Waals surface area contributed by atoms with Crippen molar-refractivity contribution < 1.29 is 24.1 Å². The van der Waals surface area contributed by atoms with Crippen molar-refractivity contribution in [3.8, 4) is 11.5 Å². The summed E-state index contributed by atoms with van der Waals surface area (Å²) in [6.07, 6.45) is -0.866. The van der Waals surface area contributed by atoms with Crippen LogP contribution in [0.15, 0.2) is 6.07 Å². The van der Waals surface area contributed by atoms with Crippen LogP contribution in [-0.2, 0) is 16.0 Å². The molecular formula is C13H15ClO5. The molecule has 1 atom stereocenters. The summed E-state index contributed by atoms with van der Waals surface area (Å²) in [7, 11) is 0. The Hall–Kier alpha value is -1.46. The molecule has 1 aromatic rings. The Balaban J connectivity index is 2.47. The van der Waals surface area contributed by atoms with E-state index in [1.54, 1.807) is 13.0 Å². The number of rotatable bonds is 4. The molecule has 0 radical (unpaired) electrons. The van der Waals surface area contributed by atoms with E-state index in [9.17, 15) is 9.90 Å². The second-order valence-electron chi connectivity index (χ2n) is 3.99. The standard InChI is InChI=1S/C13H15ClO5/c1-3-7-10(11(15)13(16)17-4-2)8(14)5-9-12(7)19-6-18-9/h5,11,15H,3-4,6H2,1-2H3. The predicted molar refractivity (Wildman–Crippen MR) is 68.5 cm³/mol. The van der Waals surface area contributed by atoms with Gasteiger partial charge in [0.05, 0.1) is 11.6 Å². The van der Waals surface area contributed by atoms with Crippen molar-refractivity contribution in [2.75, 3.05) is 13.4 Å². The fourth-order valence-electron chi connectivity index (χ4n) is 2.08. The molecule has 0 amide bonds. The number of hydrogen-bond acceptors (Lipinski definition) is 5.